The largest absolute Gasteiger partial charge is 0.459 e. The fourth-order valence-corrected chi connectivity index (χ4v) is 1.99. The maximum absolute atomic E-state index is 13.0. The average molecular weight is 326 g/mol. The fourth-order valence-electron chi connectivity index (χ4n) is 1.99. The molecule has 1 unspecified atom stereocenters. The van der Waals surface area contributed by atoms with Gasteiger partial charge in [-0.15, -0.1) is 0 Å². The van der Waals surface area contributed by atoms with E-state index in [0.717, 1.165) is 0 Å². The lowest BCUT2D eigenvalue weighted by atomic mass is 10.2. The van der Waals surface area contributed by atoms with Crippen molar-refractivity contribution >= 4 is 5.97 Å². The normalized spacial score (nSPS) is 20.8. The van der Waals surface area contributed by atoms with Gasteiger partial charge >= 0.3 is 12.1 Å². The minimum absolute atomic E-state index is 0.360. The van der Waals surface area contributed by atoms with E-state index < -0.39 is 48.2 Å². The van der Waals surface area contributed by atoms with Crippen LogP contribution < -0.4 is 0 Å². The van der Waals surface area contributed by atoms with Crippen molar-refractivity contribution in [3.63, 3.8) is 0 Å². The van der Waals surface area contributed by atoms with Crippen LogP contribution in [0.2, 0.25) is 0 Å². The summed E-state index contributed by atoms with van der Waals surface area (Å²) in [4.78, 5) is 11.6. The molecule has 1 heterocycles. The zero-order valence-electron chi connectivity index (χ0n) is 12.2. The Hall–Kier alpha value is -1.67. The predicted molar refractivity (Wildman–Crippen MR) is 65.4 cm³/mol. The molecule has 1 fully saturated rings. The minimum atomic E-state index is -4.79. The van der Waals surface area contributed by atoms with E-state index in [4.69, 9.17) is 4.74 Å². The topological polar surface area (TPSA) is 44.1 Å². The number of nitrogens with zero attached hydrogens (tertiary/aromatic N) is 2. The van der Waals surface area contributed by atoms with E-state index in [-0.39, 0.29) is 5.69 Å². The summed E-state index contributed by atoms with van der Waals surface area (Å²) < 4.78 is 70.0. The minimum Gasteiger partial charge on any atom is -0.459 e. The van der Waals surface area contributed by atoms with Crippen LogP contribution in [0.5, 0.6) is 0 Å². The summed E-state index contributed by atoms with van der Waals surface area (Å²) in [5, 5.41) is 3.52. The molecule has 1 aromatic rings. The summed E-state index contributed by atoms with van der Waals surface area (Å²) in [6, 6.07) is 0.565. The van der Waals surface area contributed by atoms with Gasteiger partial charge in [0.05, 0.1) is 11.6 Å². The highest BCUT2D eigenvalue weighted by Crippen LogP contribution is 2.55. The third-order valence-electron chi connectivity index (χ3n) is 2.97. The van der Waals surface area contributed by atoms with Crippen molar-refractivity contribution in [2.75, 3.05) is 0 Å². The quantitative estimate of drug-likeness (QED) is 0.632. The Balaban J connectivity index is 2.24. The molecule has 0 amide bonds. The van der Waals surface area contributed by atoms with Gasteiger partial charge in [0.25, 0.3) is 5.92 Å². The van der Waals surface area contributed by atoms with Crippen LogP contribution in [0.3, 0.4) is 0 Å². The van der Waals surface area contributed by atoms with Gasteiger partial charge in [0.2, 0.25) is 0 Å². The number of hydrogen-bond acceptors (Lipinski definition) is 3. The second-order valence-electron chi connectivity index (χ2n) is 6.21. The summed E-state index contributed by atoms with van der Waals surface area (Å²) in [6.45, 7) is 3.91. The molecule has 0 N–H and O–H groups in total. The smallest absolute Gasteiger partial charge is 0.433 e. The van der Waals surface area contributed by atoms with Crippen molar-refractivity contribution in [1.82, 2.24) is 9.78 Å². The van der Waals surface area contributed by atoms with Gasteiger partial charge in [-0.2, -0.15) is 18.3 Å². The Morgan fingerprint density at radius 1 is 1.41 bits per heavy atom. The molecule has 0 radical (unpaired) electrons. The van der Waals surface area contributed by atoms with Crippen molar-refractivity contribution in [2.45, 2.75) is 57.4 Å². The van der Waals surface area contributed by atoms with Gasteiger partial charge in [-0.05, 0) is 26.8 Å². The molecular formula is C13H15F5N2O2. The van der Waals surface area contributed by atoms with Crippen LogP contribution in [0.1, 0.15) is 44.5 Å². The first kappa shape index (κ1) is 16.7. The average Bonchev–Trinajstić information content (AvgIpc) is 2.71. The lowest BCUT2D eigenvalue weighted by molar-refractivity contribution is -0.158. The maximum atomic E-state index is 13.0. The number of halogens is 5. The summed E-state index contributed by atoms with van der Waals surface area (Å²) in [5.74, 6) is -5.28. The van der Waals surface area contributed by atoms with E-state index in [1.807, 2.05) is 0 Å². The van der Waals surface area contributed by atoms with Gasteiger partial charge in [-0.3, -0.25) is 4.79 Å². The fraction of sp³-hybridized carbons (Fsp3) is 0.692. The number of carbonyl (C=O) groups excluding carboxylic acids is 1. The molecule has 1 saturated carbocycles. The van der Waals surface area contributed by atoms with Crippen LogP contribution in [0.15, 0.2) is 6.07 Å². The third kappa shape index (κ3) is 3.75. The molecule has 1 aliphatic carbocycles. The maximum Gasteiger partial charge on any atom is 0.433 e. The Labute approximate surface area is 123 Å². The predicted octanol–water partition coefficient (Wildman–Crippen LogP) is 3.37. The number of esters is 1. The molecule has 124 valence electrons. The van der Waals surface area contributed by atoms with Gasteiger partial charge in [-0.1, -0.05) is 0 Å². The molecule has 1 aromatic heterocycles. The number of rotatable bonds is 3. The van der Waals surface area contributed by atoms with Gasteiger partial charge in [0, 0.05) is 6.42 Å². The highest BCUT2D eigenvalue weighted by Gasteiger charge is 2.59. The number of hydrogen-bond donors (Lipinski definition) is 0. The molecule has 0 saturated heterocycles. The summed E-state index contributed by atoms with van der Waals surface area (Å²) in [6.07, 6.45) is -5.33. The van der Waals surface area contributed by atoms with Gasteiger partial charge in [-0.25, -0.2) is 13.5 Å². The highest BCUT2D eigenvalue weighted by molar-refractivity contribution is 5.69. The molecule has 1 aliphatic rings. The van der Waals surface area contributed by atoms with E-state index in [2.05, 4.69) is 5.10 Å². The van der Waals surface area contributed by atoms with Gasteiger partial charge in [0.1, 0.15) is 17.8 Å². The van der Waals surface area contributed by atoms with E-state index in [1.54, 1.807) is 20.8 Å². The zero-order chi connectivity index (χ0) is 16.9. The third-order valence-corrected chi connectivity index (χ3v) is 2.97. The van der Waals surface area contributed by atoms with Crippen LogP contribution in [0, 0.1) is 0 Å². The van der Waals surface area contributed by atoms with E-state index in [1.165, 1.54) is 0 Å². The van der Waals surface area contributed by atoms with Gasteiger partial charge < -0.3 is 4.74 Å². The molecule has 2 rings (SSSR count). The second kappa shape index (κ2) is 4.92. The van der Waals surface area contributed by atoms with Crippen molar-refractivity contribution < 1.29 is 31.5 Å². The second-order valence-corrected chi connectivity index (χ2v) is 6.21. The molecule has 0 spiro atoms. The molecule has 0 aromatic carbocycles. The molecular weight excluding hydrogens is 311 g/mol. The van der Waals surface area contributed by atoms with E-state index >= 15 is 0 Å². The van der Waals surface area contributed by atoms with Gasteiger partial charge in [0.15, 0.2) is 0 Å². The molecule has 22 heavy (non-hydrogen) atoms. The summed E-state index contributed by atoms with van der Waals surface area (Å²) in [5.41, 5.74) is -2.47. The standard InChI is InChI=1S/C13H15F5N2O2/c1-11(2,3)22-10(21)6-20-9(13(16,17)18)4-8(19-20)7-5-12(7,14)15/h4,7H,5-6H2,1-3H3. The molecule has 4 nitrogen and oxygen atoms in total. The first-order valence-electron chi connectivity index (χ1n) is 6.54. The van der Waals surface area contributed by atoms with Crippen LogP contribution in [-0.4, -0.2) is 27.3 Å². The Bertz CT molecular complexity index is 586. The molecule has 1 atom stereocenters. The molecule has 9 heteroatoms. The van der Waals surface area contributed by atoms with Crippen molar-refractivity contribution in [2.24, 2.45) is 0 Å². The Morgan fingerprint density at radius 2 is 1.95 bits per heavy atom. The lowest BCUT2D eigenvalue weighted by Gasteiger charge is -2.20. The first-order valence-corrected chi connectivity index (χ1v) is 6.54. The number of alkyl halides is 5. The van der Waals surface area contributed by atoms with Crippen LogP contribution >= 0.6 is 0 Å². The van der Waals surface area contributed by atoms with Crippen LogP contribution in [0.4, 0.5) is 22.0 Å². The summed E-state index contributed by atoms with van der Waals surface area (Å²) >= 11 is 0. The molecule has 0 aliphatic heterocycles. The SMILES string of the molecule is CC(C)(C)OC(=O)Cn1nc(C2CC2(F)F)cc1C(F)(F)F. The monoisotopic (exact) mass is 326 g/mol. The lowest BCUT2D eigenvalue weighted by Crippen LogP contribution is -2.28. The molecule has 0 bridgehead atoms. The zero-order valence-corrected chi connectivity index (χ0v) is 12.2. The number of ether oxygens (including phenoxy) is 1. The Kier molecular flexibility index (Phi) is 3.73. The number of aromatic nitrogens is 2. The van der Waals surface area contributed by atoms with Crippen LogP contribution in [0.25, 0.3) is 0 Å². The van der Waals surface area contributed by atoms with Crippen molar-refractivity contribution in [1.29, 1.82) is 0 Å². The Morgan fingerprint density at radius 3 is 2.36 bits per heavy atom. The van der Waals surface area contributed by atoms with E-state index in [9.17, 15) is 26.7 Å². The van der Waals surface area contributed by atoms with Crippen molar-refractivity contribution in [3.05, 3.63) is 17.5 Å². The van der Waals surface area contributed by atoms with Crippen LogP contribution in [-0.2, 0) is 22.3 Å². The van der Waals surface area contributed by atoms with E-state index in [0.29, 0.717) is 10.7 Å². The summed E-state index contributed by atoms with van der Waals surface area (Å²) in [7, 11) is 0. The number of carbonyl (C=O) groups is 1. The van der Waals surface area contributed by atoms with Crippen molar-refractivity contribution in [3.8, 4) is 0 Å². The first-order chi connectivity index (χ1) is 9.79. The highest BCUT2D eigenvalue weighted by atomic mass is 19.4.